The fourth-order valence-corrected chi connectivity index (χ4v) is 6.10. The number of carbonyl (C=O) groups excluding carboxylic acids is 2. The van der Waals surface area contributed by atoms with Gasteiger partial charge in [0, 0.05) is 44.0 Å². The predicted molar refractivity (Wildman–Crippen MR) is 151 cm³/mol. The number of pyridine rings is 2. The molecule has 0 aliphatic carbocycles. The van der Waals surface area contributed by atoms with Gasteiger partial charge in [-0.25, -0.2) is 23.4 Å². The molecule has 12 heteroatoms. The number of hydrogen-bond acceptors (Lipinski definition) is 5. The minimum atomic E-state index is -0.932. The number of halogens is 2. The van der Waals surface area contributed by atoms with Crippen LogP contribution in [-0.2, 0) is 11.3 Å². The van der Waals surface area contributed by atoms with E-state index in [0.717, 1.165) is 11.6 Å². The van der Waals surface area contributed by atoms with Crippen LogP contribution >= 0.6 is 0 Å². The van der Waals surface area contributed by atoms with E-state index in [4.69, 9.17) is 0 Å². The molecule has 2 aliphatic heterocycles. The Kier molecular flexibility index (Phi) is 7.68. The SMILES string of the molecule is O=C(NC1CCC(c2cccc(F)c2F)CN(Cc2ccccn2)C1=O)N1CCC(n2c(=O)[nH]c3ncccc32)CC1. The Bertz CT molecular complexity index is 1650. The lowest BCUT2D eigenvalue weighted by Gasteiger charge is -2.34. The summed E-state index contributed by atoms with van der Waals surface area (Å²) >= 11 is 0. The summed E-state index contributed by atoms with van der Waals surface area (Å²) in [5, 5.41) is 2.91. The molecule has 0 bridgehead atoms. The Morgan fingerprint density at radius 3 is 2.55 bits per heavy atom. The van der Waals surface area contributed by atoms with Crippen LogP contribution in [0.25, 0.3) is 11.2 Å². The van der Waals surface area contributed by atoms with Gasteiger partial charge in [-0.05, 0) is 61.6 Å². The summed E-state index contributed by atoms with van der Waals surface area (Å²) < 4.78 is 30.5. The third kappa shape index (κ3) is 5.48. The number of nitrogens with zero attached hydrogens (tertiary/aromatic N) is 5. The van der Waals surface area contributed by atoms with Crippen molar-refractivity contribution in [3.8, 4) is 0 Å². The third-order valence-electron chi connectivity index (χ3n) is 8.26. The second-order valence-electron chi connectivity index (χ2n) is 10.8. The van der Waals surface area contributed by atoms with E-state index in [0.29, 0.717) is 43.7 Å². The number of imidazole rings is 1. The number of nitrogens with one attached hydrogen (secondary N) is 2. The molecule has 2 atom stereocenters. The maximum absolute atomic E-state index is 14.8. The van der Waals surface area contributed by atoms with E-state index in [1.54, 1.807) is 51.0 Å². The number of likely N-dealkylation sites (tertiary alicyclic amines) is 2. The van der Waals surface area contributed by atoms with Gasteiger partial charge in [-0.1, -0.05) is 18.2 Å². The molecular formula is C30H31F2N7O3. The highest BCUT2D eigenvalue weighted by atomic mass is 19.2. The van der Waals surface area contributed by atoms with Crippen molar-refractivity contribution in [3.63, 3.8) is 0 Å². The smallest absolute Gasteiger partial charge is 0.327 e. The van der Waals surface area contributed by atoms with Crippen molar-refractivity contribution in [2.24, 2.45) is 0 Å². The zero-order chi connectivity index (χ0) is 29.2. The number of aromatic amines is 1. The van der Waals surface area contributed by atoms with Crippen LogP contribution < -0.4 is 11.0 Å². The number of amides is 3. The van der Waals surface area contributed by atoms with Crippen molar-refractivity contribution in [2.45, 2.75) is 50.2 Å². The van der Waals surface area contributed by atoms with E-state index in [-0.39, 0.29) is 48.7 Å². The molecule has 218 valence electrons. The first-order valence-corrected chi connectivity index (χ1v) is 14.1. The normalized spacial score (nSPS) is 20.1. The van der Waals surface area contributed by atoms with Gasteiger partial charge in [0.1, 0.15) is 6.04 Å². The van der Waals surface area contributed by atoms with E-state index in [2.05, 4.69) is 20.3 Å². The maximum atomic E-state index is 14.8. The molecule has 0 saturated carbocycles. The molecule has 42 heavy (non-hydrogen) atoms. The Morgan fingerprint density at radius 1 is 0.952 bits per heavy atom. The molecule has 4 aromatic rings. The van der Waals surface area contributed by atoms with Gasteiger partial charge in [-0.15, -0.1) is 0 Å². The predicted octanol–water partition coefficient (Wildman–Crippen LogP) is 3.72. The van der Waals surface area contributed by atoms with Gasteiger partial charge in [-0.2, -0.15) is 0 Å². The van der Waals surface area contributed by atoms with Gasteiger partial charge in [0.25, 0.3) is 0 Å². The van der Waals surface area contributed by atoms with E-state index < -0.39 is 23.6 Å². The molecule has 6 rings (SSSR count). The molecule has 2 aliphatic rings. The first-order chi connectivity index (χ1) is 20.4. The van der Waals surface area contributed by atoms with Gasteiger partial charge in [-0.3, -0.25) is 19.3 Å². The molecule has 0 radical (unpaired) electrons. The number of benzene rings is 1. The molecule has 3 amide bonds. The fourth-order valence-electron chi connectivity index (χ4n) is 6.10. The highest BCUT2D eigenvalue weighted by Crippen LogP contribution is 2.31. The van der Waals surface area contributed by atoms with E-state index in [9.17, 15) is 23.2 Å². The van der Waals surface area contributed by atoms with Crippen LogP contribution in [0.4, 0.5) is 13.6 Å². The van der Waals surface area contributed by atoms with E-state index in [1.807, 2.05) is 12.1 Å². The summed E-state index contributed by atoms with van der Waals surface area (Å²) in [5.41, 5.74) is 1.90. The molecule has 2 unspecified atom stereocenters. The maximum Gasteiger partial charge on any atom is 0.327 e. The Morgan fingerprint density at radius 2 is 1.76 bits per heavy atom. The molecule has 2 fully saturated rings. The summed E-state index contributed by atoms with van der Waals surface area (Å²) in [6.45, 7) is 1.16. The number of H-pyrrole nitrogens is 1. The molecule has 3 aromatic heterocycles. The summed E-state index contributed by atoms with van der Waals surface area (Å²) in [6, 6.07) is 11.8. The van der Waals surface area contributed by atoms with Crippen LogP contribution in [-0.4, -0.2) is 66.9 Å². The summed E-state index contributed by atoms with van der Waals surface area (Å²) in [6.07, 6.45) is 5.05. The van der Waals surface area contributed by atoms with Crippen molar-refractivity contribution < 1.29 is 18.4 Å². The molecule has 10 nitrogen and oxygen atoms in total. The molecule has 5 heterocycles. The number of urea groups is 1. The zero-order valence-electron chi connectivity index (χ0n) is 22.9. The molecule has 2 saturated heterocycles. The molecule has 2 N–H and O–H groups in total. The lowest BCUT2D eigenvalue weighted by molar-refractivity contribution is -0.133. The van der Waals surface area contributed by atoms with Crippen LogP contribution in [0, 0.1) is 11.6 Å². The second kappa shape index (κ2) is 11.7. The average Bonchev–Trinajstić information content (AvgIpc) is 3.27. The fraction of sp³-hybridized carbons (Fsp3) is 0.367. The average molecular weight is 576 g/mol. The third-order valence-corrected chi connectivity index (χ3v) is 8.26. The van der Waals surface area contributed by atoms with Crippen LogP contribution in [0.2, 0.25) is 0 Å². The van der Waals surface area contributed by atoms with Crippen molar-refractivity contribution in [1.82, 2.24) is 34.6 Å². The quantitative estimate of drug-likeness (QED) is 0.376. The zero-order valence-corrected chi connectivity index (χ0v) is 22.9. The number of aromatic nitrogens is 4. The number of hydrogen-bond donors (Lipinski definition) is 2. The van der Waals surface area contributed by atoms with E-state index >= 15 is 0 Å². The minimum absolute atomic E-state index is 0.0881. The molecule has 1 aromatic carbocycles. The summed E-state index contributed by atoms with van der Waals surface area (Å²) in [7, 11) is 0. The molecular weight excluding hydrogens is 544 g/mol. The van der Waals surface area contributed by atoms with Crippen molar-refractivity contribution >= 4 is 23.1 Å². The first-order valence-electron chi connectivity index (χ1n) is 14.1. The standard InChI is InChI=1S/C30H31F2N7O3/c31-23-7-3-6-22(26(23)32)19-9-10-24(28(40)38(17-19)18-20-5-1-2-13-33-20)35-29(41)37-15-11-21(12-16-37)39-25-8-4-14-34-27(25)36-30(39)42/h1-8,13-14,19,21,24H,9-12,15-18H2,(H,35,41)(H,34,36,42). The highest BCUT2D eigenvalue weighted by Gasteiger charge is 2.35. The van der Waals surface area contributed by atoms with Gasteiger partial charge < -0.3 is 15.1 Å². The van der Waals surface area contributed by atoms with Crippen molar-refractivity contribution in [3.05, 3.63) is 94.3 Å². The number of rotatable bonds is 5. The lowest BCUT2D eigenvalue weighted by atomic mass is 9.93. The van der Waals surface area contributed by atoms with Gasteiger partial charge >= 0.3 is 11.7 Å². The van der Waals surface area contributed by atoms with Gasteiger partial charge in [0.05, 0.1) is 17.8 Å². The summed E-state index contributed by atoms with van der Waals surface area (Å²) in [5.74, 6) is -2.59. The number of carbonyl (C=O) groups is 2. The Hall–Kier alpha value is -4.61. The number of piperidine rings is 1. The Labute approximate surface area is 240 Å². The van der Waals surface area contributed by atoms with Crippen LogP contribution in [0.1, 0.15) is 48.9 Å². The molecule has 0 spiro atoms. The van der Waals surface area contributed by atoms with E-state index in [1.165, 1.54) is 6.07 Å². The summed E-state index contributed by atoms with van der Waals surface area (Å²) in [4.78, 5) is 54.2. The number of fused-ring (bicyclic) bond motifs is 1. The van der Waals surface area contributed by atoms with Crippen LogP contribution in [0.3, 0.4) is 0 Å². The monoisotopic (exact) mass is 575 g/mol. The van der Waals surface area contributed by atoms with Crippen molar-refractivity contribution in [2.75, 3.05) is 19.6 Å². The first kappa shape index (κ1) is 27.6. The van der Waals surface area contributed by atoms with Gasteiger partial charge in [0.2, 0.25) is 5.91 Å². The van der Waals surface area contributed by atoms with Crippen LogP contribution in [0.5, 0.6) is 0 Å². The van der Waals surface area contributed by atoms with Gasteiger partial charge in [0.15, 0.2) is 17.3 Å². The van der Waals surface area contributed by atoms with Crippen molar-refractivity contribution in [1.29, 1.82) is 0 Å². The van der Waals surface area contributed by atoms with Crippen LogP contribution in [0.15, 0.2) is 65.7 Å². The lowest BCUT2D eigenvalue weighted by Crippen LogP contribution is -2.53. The highest BCUT2D eigenvalue weighted by molar-refractivity contribution is 5.87. The Balaban J connectivity index is 1.16. The topological polar surface area (TPSA) is 116 Å². The second-order valence-corrected chi connectivity index (χ2v) is 10.8. The minimum Gasteiger partial charge on any atom is -0.334 e. The largest absolute Gasteiger partial charge is 0.334 e.